The average molecular weight is 308 g/mol. The van der Waals surface area contributed by atoms with Gasteiger partial charge in [-0.15, -0.1) is 0 Å². The van der Waals surface area contributed by atoms with Gasteiger partial charge in [-0.05, 0) is 29.8 Å². The van der Waals surface area contributed by atoms with E-state index in [0.717, 1.165) is 17.7 Å². The molecular formula is C16H12ClF2NO. The summed E-state index contributed by atoms with van der Waals surface area (Å²) in [5.41, 5.74) is 0.824. The van der Waals surface area contributed by atoms with Crippen LogP contribution in [0.25, 0.3) is 0 Å². The molecule has 108 valence electrons. The van der Waals surface area contributed by atoms with Crippen LogP contribution in [0.15, 0.2) is 42.5 Å². The van der Waals surface area contributed by atoms with E-state index in [-0.39, 0.29) is 18.3 Å². The Labute approximate surface area is 126 Å². The van der Waals surface area contributed by atoms with E-state index >= 15 is 0 Å². The van der Waals surface area contributed by atoms with Crippen LogP contribution in [-0.2, 0) is 0 Å². The summed E-state index contributed by atoms with van der Waals surface area (Å²) in [6.07, 6.45) is 0.398. The minimum Gasteiger partial charge on any atom is -0.490 e. The molecular weight excluding hydrogens is 296 g/mol. The summed E-state index contributed by atoms with van der Waals surface area (Å²) in [6.45, 7) is 0.156. The fraction of sp³-hybridized carbons (Fsp3) is 0.188. The molecule has 0 saturated carbocycles. The van der Waals surface area contributed by atoms with Crippen molar-refractivity contribution in [1.82, 2.24) is 0 Å². The highest BCUT2D eigenvalue weighted by molar-refractivity contribution is 6.30. The maximum Gasteiger partial charge on any atom is 0.167 e. The average Bonchev–Trinajstić information content (AvgIpc) is 2.47. The van der Waals surface area contributed by atoms with Gasteiger partial charge in [0.05, 0.1) is 18.6 Å². The quantitative estimate of drug-likeness (QED) is 0.802. The number of nitrogens with zero attached hydrogens (tertiary/aromatic N) is 1. The Bertz CT molecular complexity index is 652. The number of rotatable bonds is 5. The molecule has 0 aliphatic carbocycles. The molecule has 0 heterocycles. The zero-order chi connectivity index (χ0) is 15.2. The number of nitriles is 1. The van der Waals surface area contributed by atoms with Gasteiger partial charge in [-0.2, -0.15) is 5.26 Å². The lowest BCUT2D eigenvalue weighted by Crippen LogP contribution is -2.05. The summed E-state index contributed by atoms with van der Waals surface area (Å²) in [5, 5.41) is 9.77. The van der Waals surface area contributed by atoms with Crippen LogP contribution < -0.4 is 4.74 Å². The molecule has 0 fully saturated rings. The van der Waals surface area contributed by atoms with E-state index in [0.29, 0.717) is 11.4 Å². The Balaban J connectivity index is 1.95. The summed E-state index contributed by atoms with van der Waals surface area (Å²) in [7, 11) is 0. The first-order valence-corrected chi connectivity index (χ1v) is 6.71. The molecule has 21 heavy (non-hydrogen) atoms. The van der Waals surface area contributed by atoms with Crippen LogP contribution in [0, 0.1) is 23.0 Å². The third-order valence-corrected chi connectivity index (χ3v) is 3.24. The zero-order valence-electron chi connectivity index (χ0n) is 11.0. The summed E-state index contributed by atoms with van der Waals surface area (Å²) in [6, 6.07) is 12.3. The van der Waals surface area contributed by atoms with Crippen molar-refractivity contribution in [3.8, 4) is 11.8 Å². The van der Waals surface area contributed by atoms with E-state index in [9.17, 15) is 14.0 Å². The van der Waals surface area contributed by atoms with Gasteiger partial charge in [0.2, 0.25) is 0 Å². The third kappa shape index (κ3) is 4.17. The molecule has 2 nitrogen and oxygen atoms in total. The first kappa shape index (κ1) is 15.3. The van der Waals surface area contributed by atoms with E-state index in [4.69, 9.17) is 16.3 Å². The fourth-order valence-corrected chi connectivity index (χ4v) is 2.01. The van der Waals surface area contributed by atoms with Gasteiger partial charge in [0.15, 0.2) is 11.6 Å². The summed E-state index contributed by atoms with van der Waals surface area (Å²) in [5.74, 6) is -1.80. The molecule has 0 amide bonds. The van der Waals surface area contributed by atoms with Gasteiger partial charge in [0.1, 0.15) is 5.82 Å². The third-order valence-electron chi connectivity index (χ3n) is 2.99. The van der Waals surface area contributed by atoms with Crippen molar-refractivity contribution in [2.45, 2.75) is 12.3 Å². The molecule has 2 rings (SSSR count). The van der Waals surface area contributed by atoms with Crippen molar-refractivity contribution < 1.29 is 13.5 Å². The Morgan fingerprint density at radius 3 is 2.48 bits per heavy atom. The van der Waals surface area contributed by atoms with Gasteiger partial charge in [0, 0.05) is 17.5 Å². The molecule has 0 radical (unpaired) electrons. The van der Waals surface area contributed by atoms with Crippen LogP contribution in [0.1, 0.15) is 17.9 Å². The van der Waals surface area contributed by atoms with Gasteiger partial charge in [-0.25, -0.2) is 8.78 Å². The van der Waals surface area contributed by atoms with E-state index in [1.54, 1.807) is 24.3 Å². The van der Waals surface area contributed by atoms with E-state index in [2.05, 4.69) is 6.07 Å². The minimum absolute atomic E-state index is 0.0239. The van der Waals surface area contributed by atoms with Crippen molar-refractivity contribution in [2.75, 3.05) is 6.61 Å². The molecule has 1 unspecified atom stereocenters. The highest BCUT2D eigenvalue weighted by Gasteiger charge is 2.12. The van der Waals surface area contributed by atoms with Crippen molar-refractivity contribution in [1.29, 1.82) is 5.26 Å². The maximum absolute atomic E-state index is 13.4. The lowest BCUT2D eigenvalue weighted by molar-refractivity contribution is 0.290. The van der Waals surface area contributed by atoms with Crippen LogP contribution >= 0.6 is 11.6 Å². The molecule has 2 aromatic carbocycles. The van der Waals surface area contributed by atoms with Crippen LogP contribution in [0.4, 0.5) is 8.78 Å². The second-order valence-corrected chi connectivity index (χ2v) is 4.88. The van der Waals surface area contributed by atoms with Crippen molar-refractivity contribution in [2.24, 2.45) is 0 Å². The molecule has 0 aliphatic rings. The standard InChI is InChI=1S/C16H12ClF2NO/c17-13-3-1-11(2-4-13)12(10-20)7-8-21-16-6-5-14(18)9-15(16)19/h1-6,9,12H,7-8H2. The first-order valence-electron chi connectivity index (χ1n) is 6.33. The lowest BCUT2D eigenvalue weighted by Gasteiger charge is -2.11. The Morgan fingerprint density at radius 1 is 1.14 bits per heavy atom. The summed E-state index contributed by atoms with van der Waals surface area (Å²) in [4.78, 5) is 0. The van der Waals surface area contributed by atoms with Crippen molar-refractivity contribution in [3.05, 3.63) is 64.7 Å². The molecule has 0 aliphatic heterocycles. The normalized spacial score (nSPS) is 11.7. The SMILES string of the molecule is N#CC(CCOc1ccc(F)cc1F)c1ccc(Cl)cc1. The lowest BCUT2D eigenvalue weighted by atomic mass is 9.98. The van der Waals surface area contributed by atoms with Crippen LogP contribution in [0.3, 0.4) is 0 Å². The fourth-order valence-electron chi connectivity index (χ4n) is 1.88. The van der Waals surface area contributed by atoms with Crippen LogP contribution in [0.2, 0.25) is 5.02 Å². The molecule has 5 heteroatoms. The van der Waals surface area contributed by atoms with E-state index < -0.39 is 11.6 Å². The molecule has 1 atom stereocenters. The molecule has 2 aromatic rings. The second kappa shape index (κ2) is 7.05. The second-order valence-electron chi connectivity index (χ2n) is 4.45. The Hall–Kier alpha value is -2.12. The predicted molar refractivity (Wildman–Crippen MR) is 76.3 cm³/mol. The number of hydrogen-bond donors (Lipinski definition) is 0. The molecule has 0 bridgehead atoms. The zero-order valence-corrected chi connectivity index (χ0v) is 11.8. The smallest absolute Gasteiger partial charge is 0.167 e. The highest BCUT2D eigenvalue weighted by atomic mass is 35.5. The van der Waals surface area contributed by atoms with E-state index in [1.165, 1.54) is 6.07 Å². The molecule has 0 N–H and O–H groups in total. The van der Waals surface area contributed by atoms with Crippen LogP contribution in [-0.4, -0.2) is 6.61 Å². The number of benzene rings is 2. The van der Waals surface area contributed by atoms with Gasteiger partial charge in [-0.1, -0.05) is 23.7 Å². The Kier molecular flexibility index (Phi) is 5.13. The van der Waals surface area contributed by atoms with Gasteiger partial charge >= 0.3 is 0 Å². The monoisotopic (exact) mass is 307 g/mol. The molecule has 0 aromatic heterocycles. The summed E-state index contributed by atoms with van der Waals surface area (Å²) < 4.78 is 31.4. The highest BCUT2D eigenvalue weighted by Crippen LogP contribution is 2.23. The van der Waals surface area contributed by atoms with Crippen molar-refractivity contribution >= 4 is 11.6 Å². The first-order chi connectivity index (χ1) is 10.1. The molecule has 0 saturated heterocycles. The maximum atomic E-state index is 13.4. The summed E-state index contributed by atoms with van der Waals surface area (Å²) >= 11 is 5.79. The van der Waals surface area contributed by atoms with Gasteiger partial charge in [-0.3, -0.25) is 0 Å². The topological polar surface area (TPSA) is 33.0 Å². The van der Waals surface area contributed by atoms with E-state index in [1.807, 2.05) is 0 Å². The van der Waals surface area contributed by atoms with Gasteiger partial charge in [0.25, 0.3) is 0 Å². The molecule has 0 spiro atoms. The Morgan fingerprint density at radius 2 is 1.86 bits per heavy atom. The van der Waals surface area contributed by atoms with Crippen LogP contribution in [0.5, 0.6) is 5.75 Å². The minimum atomic E-state index is -0.755. The predicted octanol–water partition coefficient (Wildman–Crippen LogP) is 4.69. The van der Waals surface area contributed by atoms with Crippen molar-refractivity contribution in [3.63, 3.8) is 0 Å². The number of halogens is 3. The number of ether oxygens (including phenoxy) is 1. The largest absolute Gasteiger partial charge is 0.490 e. The van der Waals surface area contributed by atoms with Gasteiger partial charge < -0.3 is 4.74 Å². The number of hydrogen-bond acceptors (Lipinski definition) is 2.